The van der Waals surface area contributed by atoms with Gasteiger partial charge in [-0.3, -0.25) is 0 Å². The summed E-state index contributed by atoms with van der Waals surface area (Å²) < 4.78 is 5.93. The Morgan fingerprint density at radius 3 is 2.64 bits per heavy atom. The van der Waals surface area contributed by atoms with Crippen LogP contribution in [-0.4, -0.2) is 31.3 Å². The van der Waals surface area contributed by atoms with Gasteiger partial charge in [0.1, 0.15) is 0 Å². The molecule has 1 aromatic rings. The molecular weight excluding hydrogens is 312 g/mol. The minimum atomic E-state index is 0.320. The van der Waals surface area contributed by atoms with Crippen LogP contribution in [0.5, 0.6) is 0 Å². The average Bonchev–Trinajstić information content (AvgIpc) is 2.57. The van der Waals surface area contributed by atoms with Crippen molar-refractivity contribution in [2.24, 2.45) is 10.4 Å². The van der Waals surface area contributed by atoms with E-state index in [1.54, 1.807) is 0 Å². The van der Waals surface area contributed by atoms with Crippen LogP contribution in [0.25, 0.3) is 0 Å². The molecule has 0 saturated heterocycles. The predicted molar refractivity (Wildman–Crippen MR) is 99.2 cm³/mol. The van der Waals surface area contributed by atoms with Gasteiger partial charge in [0.2, 0.25) is 0 Å². The maximum absolute atomic E-state index is 8.88. The first kappa shape index (κ1) is 17.8. The van der Waals surface area contributed by atoms with E-state index in [0.29, 0.717) is 29.7 Å². The van der Waals surface area contributed by atoms with Crippen LogP contribution in [0.2, 0.25) is 0 Å². The van der Waals surface area contributed by atoms with Gasteiger partial charge in [-0.1, -0.05) is 18.6 Å². The molecule has 2 aliphatic carbocycles. The zero-order chi connectivity index (χ0) is 17.7. The van der Waals surface area contributed by atoms with Gasteiger partial charge in [-0.15, -0.1) is 0 Å². The van der Waals surface area contributed by atoms with Gasteiger partial charge >= 0.3 is 0 Å². The summed E-state index contributed by atoms with van der Waals surface area (Å²) in [5.41, 5.74) is 2.11. The lowest BCUT2D eigenvalue weighted by Gasteiger charge is -2.61. The monoisotopic (exact) mass is 340 g/mol. The van der Waals surface area contributed by atoms with Crippen molar-refractivity contribution in [2.75, 3.05) is 13.2 Å². The van der Waals surface area contributed by atoms with Crippen LogP contribution >= 0.6 is 0 Å². The summed E-state index contributed by atoms with van der Waals surface area (Å²) in [5, 5.41) is 15.9. The fourth-order valence-corrected chi connectivity index (χ4v) is 3.98. The van der Waals surface area contributed by atoms with E-state index in [0.717, 1.165) is 31.1 Å². The van der Waals surface area contributed by atoms with E-state index in [1.165, 1.54) is 19.3 Å². The first-order valence-corrected chi connectivity index (χ1v) is 9.37. The molecule has 1 spiro atoms. The third-order valence-corrected chi connectivity index (χ3v) is 5.60. The fourth-order valence-electron chi connectivity index (χ4n) is 3.98. The van der Waals surface area contributed by atoms with Gasteiger partial charge in [0.15, 0.2) is 5.96 Å². The van der Waals surface area contributed by atoms with Crippen molar-refractivity contribution in [3.8, 4) is 6.07 Å². The summed E-state index contributed by atoms with van der Waals surface area (Å²) >= 11 is 0. The quantitative estimate of drug-likeness (QED) is 0.617. The molecule has 2 aliphatic rings. The Hall–Kier alpha value is -2.06. The van der Waals surface area contributed by atoms with Gasteiger partial charge in [0, 0.05) is 24.6 Å². The number of guanidine groups is 1. The Labute approximate surface area is 150 Å². The molecule has 5 heteroatoms. The average molecular weight is 340 g/mol. The van der Waals surface area contributed by atoms with Crippen LogP contribution in [0, 0.1) is 16.7 Å². The molecular formula is C20H28N4O. The van der Waals surface area contributed by atoms with Crippen molar-refractivity contribution < 1.29 is 4.74 Å². The highest BCUT2D eigenvalue weighted by Gasteiger charge is 2.59. The topological polar surface area (TPSA) is 69.4 Å². The second-order valence-electron chi connectivity index (χ2n) is 6.97. The number of aliphatic imine (C=N–C) groups is 1. The number of nitrogens with one attached hydrogen (secondary N) is 2. The third-order valence-electron chi connectivity index (χ3n) is 5.60. The molecule has 25 heavy (non-hydrogen) atoms. The highest BCUT2D eigenvalue weighted by atomic mass is 16.5. The number of hydrogen-bond acceptors (Lipinski definition) is 3. The van der Waals surface area contributed by atoms with Gasteiger partial charge < -0.3 is 15.4 Å². The molecule has 2 N–H and O–H groups in total. The van der Waals surface area contributed by atoms with Crippen LogP contribution in [0.1, 0.15) is 50.7 Å². The van der Waals surface area contributed by atoms with Crippen molar-refractivity contribution in [3.05, 3.63) is 35.4 Å². The molecule has 0 aliphatic heterocycles. The third kappa shape index (κ3) is 3.64. The lowest BCUT2D eigenvalue weighted by molar-refractivity contribution is -0.168. The van der Waals surface area contributed by atoms with Gasteiger partial charge in [-0.05, 0) is 50.8 Å². The van der Waals surface area contributed by atoms with Crippen molar-refractivity contribution in [3.63, 3.8) is 0 Å². The van der Waals surface area contributed by atoms with Crippen molar-refractivity contribution in [1.82, 2.24) is 10.6 Å². The summed E-state index contributed by atoms with van der Waals surface area (Å²) in [4.78, 5) is 4.73. The molecule has 0 aromatic heterocycles. The number of nitriles is 1. The summed E-state index contributed by atoms with van der Waals surface area (Å²) in [6, 6.07) is 10.2. The van der Waals surface area contributed by atoms with Crippen LogP contribution in [0.4, 0.5) is 0 Å². The Morgan fingerprint density at radius 1 is 1.32 bits per heavy atom. The molecule has 0 radical (unpaired) electrons. The molecule has 134 valence electrons. The highest BCUT2D eigenvalue weighted by Crippen LogP contribution is 2.57. The molecule has 5 nitrogen and oxygen atoms in total. The van der Waals surface area contributed by atoms with Gasteiger partial charge in [0.05, 0.1) is 24.3 Å². The molecule has 2 saturated carbocycles. The van der Waals surface area contributed by atoms with Crippen molar-refractivity contribution >= 4 is 5.96 Å². The molecule has 2 atom stereocenters. The lowest BCUT2D eigenvalue weighted by Crippen LogP contribution is -2.68. The first-order chi connectivity index (χ1) is 12.2. The van der Waals surface area contributed by atoms with Crippen LogP contribution in [-0.2, 0) is 11.3 Å². The van der Waals surface area contributed by atoms with E-state index in [-0.39, 0.29) is 0 Å². The Bertz CT molecular complexity index is 643. The van der Waals surface area contributed by atoms with E-state index in [1.807, 2.05) is 24.3 Å². The smallest absolute Gasteiger partial charge is 0.191 e. The normalized spacial score (nSPS) is 24.1. The lowest BCUT2D eigenvalue weighted by atomic mass is 9.51. The van der Waals surface area contributed by atoms with Crippen molar-refractivity contribution in [1.29, 1.82) is 5.26 Å². The largest absolute Gasteiger partial charge is 0.378 e. The maximum Gasteiger partial charge on any atom is 0.191 e. The fraction of sp³-hybridized carbons (Fsp3) is 0.600. The maximum atomic E-state index is 8.88. The van der Waals surface area contributed by atoms with Gasteiger partial charge in [-0.25, -0.2) is 4.99 Å². The van der Waals surface area contributed by atoms with Crippen molar-refractivity contribution in [2.45, 2.75) is 58.2 Å². The second-order valence-corrected chi connectivity index (χ2v) is 6.97. The van der Waals surface area contributed by atoms with E-state index < -0.39 is 0 Å². The molecule has 2 unspecified atom stereocenters. The minimum absolute atomic E-state index is 0.320. The second kappa shape index (κ2) is 7.88. The standard InChI is InChI=1S/C20H28N4O/c1-3-22-19(23-14-16-8-6-15(13-21)7-9-16)24-17-12-18(25-4-2)20(17)10-5-11-20/h6-9,17-18H,3-5,10-12,14H2,1-2H3,(H2,22,23,24). The summed E-state index contributed by atoms with van der Waals surface area (Å²) in [6.45, 7) is 6.41. The molecule has 3 rings (SSSR count). The molecule has 0 amide bonds. The van der Waals surface area contributed by atoms with Crippen LogP contribution in [0.15, 0.2) is 29.3 Å². The Morgan fingerprint density at radius 2 is 2.08 bits per heavy atom. The van der Waals surface area contributed by atoms with E-state index in [2.05, 4.69) is 30.6 Å². The summed E-state index contributed by atoms with van der Waals surface area (Å²) in [5.74, 6) is 0.873. The zero-order valence-electron chi connectivity index (χ0n) is 15.2. The van der Waals surface area contributed by atoms with Gasteiger partial charge in [0.25, 0.3) is 0 Å². The van der Waals surface area contributed by atoms with E-state index in [9.17, 15) is 0 Å². The minimum Gasteiger partial charge on any atom is -0.378 e. The highest BCUT2D eigenvalue weighted by molar-refractivity contribution is 5.80. The molecule has 0 heterocycles. The number of rotatable bonds is 6. The predicted octanol–water partition coefficient (Wildman–Crippen LogP) is 2.96. The number of ether oxygens (including phenoxy) is 1. The van der Waals surface area contributed by atoms with E-state index >= 15 is 0 Å². The zero-order valence-corrected chi connectivity index (χ0v) is 15.2. The Kier molecular flexibility index (Phi) is 5.60. The summed E-state index contributed by atoms with van der Waals surface area (Å²) in [7, 11) is 0. The van der Waals surface area contributed by atoms with E-state index in [4.69, 9.17) is 15.0 Å². The summed E-state index contributed by atoms with van der Waals surface area (Å²) in [6.07, 6.45) is 5.29. The molecule has 2 fully saturated rings. The van der Waals surface area contributed by atoms with Crippen LogP contribution in [0.3, 0.4) is 0 Å². The molecule has 0 bridgehead atoms. The first-order valence-electron chi connectivity index (χ1n) is 9.37. The Balaban J connectivity index is 1.62. The SMILES string of the molecule is CCNC(=NCc1ccc(C#N)cc1)NC1CC(OCC)C12CCC2. The molecule has 1 aromatic carbocycles. The number of nitrogens with zero attached hydrogens (tertiary/aromatic N) is 2. The number of hydrogen-bond donors (Lipinski definition) is 2. The van der Waals surface area contributed by atoms with Gasteiger partial charge in [-0.2, -0.15) is 5.26 Å². The van der Waals surface area contributed by atoms with Crippen LogP contribution < -0.4 is 10.6 Å². The number of benzene rings is 1.